The molecule has 4 aromatic carbocycles. The van der Waals surface area contributed by atoms with Crippen LogP contribution in [0.3, 0.4) is 0 Å². The third kappa shape index (κ3) is 2.26. The van der Waals surface area contributed by atoms with Crippen molar-refractivity contribution in [2.45, 2.75) is 13.1 Å². The molecule has 0 N–H and O–H groups in total. The van der Waals surface area contributed by atoms with Gasteiger partial charge in [0.25, 0.3) is 0 Å². The highest BCUT2D eigenvalue weighted by molar-refractivity contribution is 7.36. The maximum atomic E-state index is 6.29. The van der Waals surface area contributed by atoms with Gasteiger partial charge in [0, 0.05) is 16.9 Å². The SMILES string of the molecule is CCp1oc2ccc3ccccc3c2c2c(ccc3ccccc32)o1. The summed E-state index contributed by atoms with van der Waals surface area (Å²) in [5, 5.41) is 7.12. The average molecular weight is 344 g/mol. The molecule has 0 radical (unpaired) electrons. The van der Waals surface area contributed by atoms with Gasteiger partial charge >= 0.3 is 0 Å². The zero-order valence-electron chi connectivity index (χ0n) is 13.9. The first-order valence-corrected chi connectivity index (χ1v) is 9.89. The van der Waals surface area contributed by atoms with E-state index in [2.05, 4.69) is 79.7 Å². The molecule has 1 aromatic heterocycles. The Bertz CT molecular complexity index is 1190. The summed E-state index contributed by atoms with van der Waals surface area (Å²) in [6.45, 7) is 2.11. The van der Waals surface area contributed by atoms with Gasteiger partial charge in [0.05, 0.1) is 0 Å². The summed E-state index contributed by atoms with van der Waals surface area (Å²) in [7, 11) is -0.980. The van der Waals surface area contributed by atoms with Crippen LogP contribution in [0.2, 0.25) is 0 Å². The quantitative estimate of drug-likeness (QED) is 0.313. The second kappa shape index (κ2) is 5.68. The molecule has 122 valence electrons. The molecule has 0 fully saturated rings. The fraction of sp³-hybridized carbons (Fsp3) is 0.0909. The lowest BCUT2D eigenvalue weighted by molar-refractivity contribution is 0.637. The van der Waals surface area contributed by atoms with E-state index < -0.39 is 8.01 Å². The summed E-state index contributed by atoms with van der Waals surface area (Å²) in [5.74, 6) is 0. The molecule has 1 heterocycles. The van der Waals surface area contributed by atoms with E-state index in [1.165, 1.54) is 21.5 Å². The van der Waals surface area contributed by atoms with Gasteiger partial charge in [0.1, 0.15) is 11.2 Å². The van der Waals surface area contributed by atoms with E-state index in [4.69, 9.17) is 8.39 Å². The zero-order chi connectivity index (χ0) is 16.8. The van der Waals surface area contributed by atoms with Gasteiger partial charge in [-0.3, -0.25) is 0 Å². The van der Waals surface area contributed by atoms with Crippen molar-refractivity contribution in [1.29, 1.82) is 0 Å². The molecule has 3 heteroatoms. The molecule has 0 amide bonds. The monoisotopic (exact) mass is 344 g/mol. The van der Waals surface area contributed by atoms with Crippen LogP contribution < -0.4 is 0 Å². The van der Waals surface area contributed by atoms with Crippen molar-refractivity contribution in [3.05, 3.63) is 72.8 Å². The van der Waals surface area contributed by atoms with Crippen LogP contribution in [0.5, 0.6) is 0 Å². The molecule has 0 aliphatic heterocycles. The molecule has 0 saturated heterocycles. The van der Waals surface area contributed by atoms with Crippen LogP contribution in [-0.4, -0.2) is 0 Å². The summed E-state index contributed by atoms with van der Waals surface area (Å²) >= 11 is 0. The Balaban J connectivity index is 2.20. The summed E-state index contributed by atoms with van der Waals surface area (Å²) in [5.41, 5.74) is 1.84. The van der Waals surface area contributed by atoms with Crippen molar-refractivity contribution in [3.63, 3.8) is 0 Å². The zero-order valence-corrected chi connectivity index (χ0v) is 14.8. The molecule has 0 aliphatic carbocycles. The molecule has 0 atom stereocenters. The van der Waals surface area contributed by atoms with E-state index in [0.717, 1.165) is 28.1 Å². The molecule has 5 aromatic rings. The highest BCUT2D eigenvalue weighted by Gasteiger charge is 2.11. The minimum absolute atomic E-state index is 0.855. The van der Waals surface area contributed by atoms with Gasteiger partial charge < -0.3 is 8.39 Å². The fourth-order valence-corrected chi connectivity index (χ4v) is 4.58. The molecule has 25 heavy (non-hydrogen) atoms. The standard InChI is InChI=1S/C22H17O2P/c1-2-25-23-19-13-11-15-7-3-5-9-17(15)21(19)22-18-10-6-4-8-16(18)12-14-20(22)24-25/h3-14H,2H2,1H3. The number of fused-ring (bicyclic) bond motifs is 7. The smallest absolute Gasteiger partial charge is 0.216 e. The Morgan fingerprint density at radius 3 is 1.60 bits per heavy atom. The van der Waals surface area contributed by atoms with Crippen molar-refractivity contribution in [2.75, 3.05) is 0 Å². The van der Waals surface area contributed by atoms with Gasteiger partial charge in [0.15, 0.2) is 0 Å². The van der Waals surface area contributed by atoms with E-state index >= 15 is 0 Å². The van der Waals surface area contributed by atoms with E-state index in [1.807, 2.05) is 0 Å². The van der Waals surface area contributed by atoms with Gasteiger partial charge in [0.2, 0.25) is 8.01 Å². The molecular weight excluding hydrogens is 327 g/mol. The summed E-state index contributed by atoms with van der Waals surface area (Å²) in [6.07, 6.45) is 0.855. The number of hydrogen-bond donors (Lipinski definition) is 0. The molecule has 0 aliphatic rings. The normalized spacial score (nSPS) is 11.6. The average Bonchev–Trinajstić information content (AvgIpc) is 2.84. The molecule has 5 rings (SSSR count). The van der Waals surface area contributed by atoms with Crippen LogP contribution in [0.1, 0.15) is 6.92 Å². The predicted octanol–water partition coefficient (Wildman–Crippen LogP) is 7.62. The predicted molar refractivity (Wildman–Crippen MR) is 107 cm³/mol. The van der Waals surface area contributed by atoms with E-state index in [9.17, 15) is 0 Å². The van der Waals surface area contributed by atoms with Gasteiger partial charge in [-0.15, -0.1) is 0 Å². The van der Waals surface area contributed by atoms with Gasteiger partial charge in [-0.1, -0.05) is 67.6 Å². The topological polar surface area (TPSA) is 26.3 Å². The van der Waals surface area contributed by atoms with E-state index in [-0.39, 0.29) is 0 Å². The first-order valence-electron chi connectivity index (χ1n) is 8.52. The van der Waals surface area contributed by atoms with Crippen molar-refractivity contribution >= 4 is 51.5 Å². The molecule has 0 bridgehead atoms. The van der Waals surface area contributed by atoms with Crippen molar-refractivity contribution in [1.82, 2.24) is 0 Å². The second-order valence-corrected chi connectivity index (χ2v) is 7.81. The largest absolute Gasteiger partial charge is 0.419 e. The third-order valence-electron chi connectivity index (χ3n) is 4.69. The lowest BCUT2D eigenvalue weighted by Gasteiger charge is -2.05. The highest BCUT2D eigenvalue weighted by atomic mass is 31.1. The van der Waals surface area contributed by atoms with Crippen molar-refractivity contribution in [3.8, 4) is 0 Å². The van der Waals surface area contributed by atoms with Crippen LogP contribution in [0.15, 0.2) is 81.2 Å². The van der Waals surface area contributed by atoms with Crippen LogP contribution in [0, 0.1) is 0 Å². The van der Waals surface area contributed by atoms with Crippen LogP contribution >= 0.6 is 8.01 Å². The minimum Gasteiger partial charge on any atom is -0.419 e. The number of hydrogen-bond acceptors (Lipinski definition) is 2. The number of benzene rings is 4. The number of aryl methyl sites for hydroxylation is 1. The lowest BCUT2D eigenvalue weighted by Crippen LogP contribution is -1.79. The Morgan fingerprint density at radius 1 is 0.640 bits per heavy atom. The van der Waals surface area contributed by atoms with E-state index in [0.29, 0.717) is 0 Å². The second-order valence-electron chi connectivity index (χ2n) is 6.15. The summed E-state index contributed by atoms with van der Waals surface area (Å²) < 4.78 is 12.6. The maximum Gasteiger partial charge on any atom is 0.216 e. The van der Waals surface area contributed by atoms with Crippen LogP contribution in [-0.2, 0) is 6.16 Å². The van der Waals surface area contributed by atoms with Gasteiger partial charge in [-0.25, -0.2) is 0 Å². The summed E-state index contributed by atoms with van der Waals surface area (Å²) in [4.78, 5) is 0. The highest BCUT2D eigenvalue weighted by Crippen LogP contribution is 2.41. The van der Waals surface area contributed by atoms with Gasteiger partial charge in [-0.05, 0) is 33.7 Å². The molecule has 0 saturated carbocycles. The molecule has 0 unspecified atom stereocenters. The van der Waals surface area contributed by atoms with Crippen LogP contribution in [0.25, 0.3) is 43.5 Å². The lowest BCUT2D eigenvalue weighted by atomic mass is 9.99. The van der Waals surface area contributed by atoms with Crippen molar-refractivity contribution in [2.24, 2.45) is 0 Å². The maximum absolute atomic E-state index is 6.29. The molecular formula is C22H17O2P. The summed E-state index contributed by atoms with van der Waals surface area (Å²) in [6, 6.07) is 25.4. The van der Waals surface area contributed by atoms with Gasteiger partial charge in [-0.2, -0.15) is 0 Å². The Hall–Kier alpha value is -2.70. The Morgan fingerprint density at radius 2 is 1.12 bits per heavy atom. The first-order chi connectivity index (χ1) is 12.3. The first kappa shape index (κ1) is 14.6. The van der Waals surface area contributed by atoms with E-state index in [1.54, 1.807) is 0 Å². The minimum atomic E-state index is -0.980. The van der Waals surface area contributed by atoms with Crippen LogP contribution in [0.4, 0.5) is 0 Å². The van der Waals surface area contributed by atoms with Crippen molar-refractivity contribution < 1.29 is 8.39 Å². The Labute approximate surface area is 146 Å². The molecule has 2 nitrogen and oxygen atoms in total. The Kier molecular flexibility index (Phi) is 3.33. The number of rotatable bonds is 1. The fourth-order valence-electron chi connectivity index (χ4n) is 3.54. The third-order valence-corrected chi connectivity index (χ3v) is 6.01. The molecule has 0 spiro atoms.